The van der Waals surface area contributed by atoms with Crippen LogP contribution in [0.3, 0.4) is 0 Å². The van der Waals surface area contributed by atoms with Crippen LogP contribution in [0.5, 0.6) is 0 Å². The maximum atomic E-state index is 5.95. The molecule has 0 amide bonds. The van der Waals surface area contributed by atoms with E-state index >= 15 is 0 Å². The molecule has 0 saturated heterocycles. The highest BCUT2D eigenvalue weighted by atomic mass is 35.5. The first-order valence-corrected chi connectivity index (χ1v) is 5.42. The van der Waals surface area contributed by atoms with Gasteiger partial charge >= 0.3 is 0 Å². The summed E-state index contributed by atoms with van der Waals surface area (Å²) in [6.07, 6.45) is 0. The fourth-order valence-electron chi connectivity index (χ4n) is 2.00. The molecule has 1 aliphatic heterocycles. The molecular formula is C12H15ClO. The van der Waals surface area contributed by atoms with Crippen molar-refractivity contribution in [3.8, 4) is 0 Å². The Morgan fingerprint density at radius 3 is 2.93 bits per heavy atom. The molecule has 0 aromatic heterocycles. The monoisotopic (exact) mass is 210 g/mol. The molecule has 14 heavy (non-hydrogen) atoms. The molecule has 2 rings (SSSR count). The lowest BCUT2D eigenvalue weighted by Crippen LogP contribution is -2.20. The van der Waals surface area contributed by atoms with Gasteiger partial charge < -0.3 is 4.74 Å². The average molecular weight is 211 g/mol. The smallest absolute Gasteiger partial charge is 0.0720 e. The molecule has 76 valence electrons. The van der Waals surface area contributed by atoms with Gasteiger partial charge in [-0.15, -0.1) is 0 Å². The van der Waals surface area contributed by atoms with Crippen LogP contribution in [0.15, 0.2) is 18.2 Å². The van der Waals surface area contributed by atoms with Gasteiger partial charge in [0, 0.05) is 10.9 Å². The van der Waals surface area contributed by atoms with Crippen molar-refractivity contribution in [2.45, 2.75) is 26.4 Å². The predicted molar refractivity (Wildman–Crippen MR) is 58.7 cm³/mol. The van der Waals surface area contributed by atoms with Crippen molar-refractivity contribution in [2.75, 3.05) is 6.61 Å². The van der Waals surface area contributed by atoms with E-state index < -0.39 is 0 Å². The second-order valence-electron chi connectivity index (χ2n) is 4.21. The summed E-state index contributed by atoms with van der Waals surface area (Å²) in [5.41, 5.74) is 2.66. The molecule has 1 aromatic rings. The third-order valence-electron chi connectivity index (χ3n) is 2.86. The molecule has 2 heteroatoms. The lowest BCUT2D eigenvalue weighted by molar-refractivity contribution is 0.0793. The Hall–Kier alpha value is -0.530. The van der Waals surface area contributed by atoms with E-state index in [4.69, 9.17) is 16.3 Å². The van der Waals surface area contributed by atoms with E-state index in [2.05, 4.69) is 19.9 Å². The third-order valence-corrected chi connectivity index (χ3v) is 3.10. The Balaban J connectivity index is 2.40. The molecule has 0 fully saturated rings. The van der Waals surface area contributed by atoms with Crippen LogP contribution < -0.4 is 0 Å². The van der Waals surface area contributed by atoms with E-state index in [0.717, 1.165) is 11.6 Å². The average Bonchev–Trinajstić information content (AvgIpc) is 2.16. The van der Waals surface area contributed by atoms with Crippen LogP contribution in [-0.4, -0.2) is 6.61 Å². The van der Waals surface area contributed by atoms with Crippen molar-refractivity contribution in [3.63, 3.8) is 0 Å². The Morgan fingerprint density at radius 2 is 2.21 bits per heavy atom. The van der Waals surface area contributed by atoms with Gasteiger partial charge in [-0.1, -0.05) is 31.5 Å². The first kappa shape index (κ1) is 10.0. The van der Waals surface area contributed by atoms with Gasteiger partial charge in [-0.25, -0.2) is 0 Å². The standard InChI is InChI=1S/C12H15ClO/c1-8(2)12-7-14-6-9-5-10(13)3-4-11(9)12/h3-5,8,12H,6-7H2,1-2H3. The molecule has 0 bridgehead atoms. The SMILES string of the molecule is CC(C)C1COCc2cc(Cl)ccc21. The van der Waals surface area contributed by atoms with Gasteiger partial charge in [0.15, 0.2) is 0 Å². The molecule has 1 unspecified atom stereocenters. The summed E-state index contributed by atoms with van der Waals surface area (Å²) < 4.78 is 5.57. The number of halogens is 1. The van der Waals surface area contributed by atoms with E-state index in [1.165, 1.54) is 11.1 Å². The van der Waals surface area contributed by atoms with Crippen LogP contribution in [0.4, 0.5) is 0 Å². The zero-order valence-corrected chi connectivity index (χ0v) is 9.34. The second-order valence-corrected chi connectivity index (χ2v) is 4.65. The highest BCUT2D eigenvalue weighted by Crippen LogP contribution is 2.33. The summed E-state index contributed by atoms with van der Waals surface area (Å²) in [4.78, 5) is 0. The number of hydrogen-bond donors (Lipinski definition) is 0. The van der Waals surface area contributed by atoms with Gasteiger partial charge in [-0.3, -0.25) is 0 Å². The van der Waals surface area contributed by atoms with E-state index in [1.54, 1.807) is 0 Å². The van der Waals surface area contributed by atoms with Crippen LogP contribution in [0.25, 0.3) is 0 Å². The molecule has 1 aromatic carbocycles. The number of benzene rings is 1. The summed E-state index contributed by atoms with van der Waals surface area (Å²) in [5.74, 6) is 1.14. The number of ether oxygens (including phenoxy) is 1. The van der Waals surface area contributed by atoms with Gasteiger partial charge in [0.1, 0.15) is 0 Å². The maximum absolute atomic E-state index is 5.95. The minimum Gasteiger partial charge on any atom is -0.376 e. The van der Waals surface area contributed by atoms with Crippen LogP contribution in [0.2, 0.25) is 5.02 Å². The van der Waals surface area contributed by atoms with Crippen LogP contribution in [0, 0.1) is 5.92 Å². The van der Waals surface area contributed by atoms with E-state index in [-0.39, 0.29) is 0 Å². The molecule has 0 aliphatic carbocycles. The van der Waals surface area contributed by atoms with Gasteiger partial charge in [0.25, 0.3) is 0 Å². The largest absolute Gasteiger partial charge is 0.376 e. The summed E-state index contributed by atoms with van der Waals surface area (Å²) >= 11 is 5.95. The van der Waals surface area contributed by atoms with E-state index in [1.807, 2.05) is 12.1 Å². The van der Waals surface area contributed by atoms with Gasteiger partial charge in [-0.2, -0.15) is 0 Å². The number of hydrogen-bond acceptors (Lipinski definition) is 1. The first-order valence-electron chi connectivity index (χ1n) is 5.04. The van der Waals surface area contributed by atoms with E-state index in [0.29, 0.717) is 18.4 Å². The maximum Gasteiger partial charge on any atom is 0.0720 e. The van der Waals surface area contributed by atoms with Crippen LogP contribution in [-0.2, 0) is 11.3 Å². The highest BCUT2D eigenvalue weighted by Gasteiger charge is 2.23. The van der Waals surface area contributed by atoms with Crippen LogP contribution >= 0.6 is 11.6 Å². The topological polar surface area (TPSA) is 9.23 Å². The Bertz CT molecular complexity index is 333. The molecule has 0 saturated carbocycles. The molecule has 1 atom stereocenters. The fourth-order valence-corrected chi connectivity index (χ4v) is 2.19. The molecule has 1 aliphatic rings. The molecule has 0 N–H and O–H groups in total. The second kappa shape index (κ2) is 3.92. The summed E-state index contributed by atoms with van der Waals surface area (Å²) in [5, 5.41) is 0.803. The predicted octanol–water partition coefficient (Wildman–Crippen LogP) is 3.61. The van der Waals surface area contributed by atoms with Gasteiger partial charge in [0.05, 0.1) is 13.2 Å². The third kappa shape index (κ3) is 1.79. The van der Waals surface area contributed by atoms with Crippen molar-refractivity contribution in [2.24, 2.45) is 5.92 Å². The first-order chi connectivity index (χ1) is 6.68. The number of rotatable bonds is 1. The fraction of sp³-hybridized carbons (Fsp3) is 0.500. The zero-order chi connectivity index (χ0) is 10.1. The quantitative estimate of drug-likeness (QED) is 0.688. The van der Waals surface area contributed by atoms with Crippen molar-refractivity contribution in [3.05, 3.63) is 34.3 Å². The zero-order valence-electron chi connectivity index (χ0n) is 8.59. The van der Waals surface area contributed by atoms with Crippen molar-refractivity contribution >= 4 is 11.6 Å². The molecule has 0 spiro atoms. The van der Waals surface area contributed by atoms with E-state index in [9.17, 15) is 0 Å². The van der Waals surface area contributed by atoms with Gasteiger partial charge in [-0.05, 0) is 29.2 Å². The van der Waals surface area contributed by atoms with Crippen molar-refractivity contribution < 1.29 is 4.74 Å². The Kier molecular flexibility index (Phi) is 2.80. The lowest BCUT2D eigenvalue weighted by Gasteiger charge is -2.28. The van der Waals surface area contributed by atoms with Crippen LogP contribution in [0.1, 0.15) is 30.9 Å². The van der Waals surface area contributed by atoms with Gasteiger partial charge in [0.2, 0.25) is 0 Å². The minimum absolute atomic E-state index is 0.524. The van der Waals surface area contributed by atoms with Crippen molar-refractivity contribution in [1.82, 2.24) is 0 Å². The Labute approximate surface area is 90.0 Å². The minimum atomic E-state index is 0.524. The summed E-state index contributed by atoms with van der Waals surface area (Å²) in [6, 6.07) is 6.14. The molecular weight excluding hydrogens is 196 g/mol. The molecule has 0 radical (unpaired) electrons. The molecule has 1 nitrogen and oxygen atoms in total. The molecule has 1 heterocycles. The highest BCUT2D eigenvalue weighted by molar-refractivity contribution is 6.30. The van der Waals surface area contributed by atoms with Crippen molar-refractivity contribution in [1.29, 1.82) is 0 Å². The normalized spacial score (nSPS) is 21.0. The number of fused-ring (bicyclic) bond motifs is 1. The lowest BCUT2D eigenvalue weighted by atomic mass is 9.85. The Morgan fingerprint density at radius 1 is 1.43 bits per heavy atom. The summed E-state index contributed by atoms with van der Waals surface area (Å²) in [7, 11) is 0. The summed E-state index contributed by atoms with van der Waals surface area (Å²) in [6.45, 7) is 6.01.